The molecule has 0 radical (unpaired) electrons. The Labute approximate surface area is 245 Å². The zero-order valence-electron chi connectivity index (χ0n) is 15.2. The van der Waals surface area contributed by atoms with E-state index in [1.807, 2.05) is 0 Å². The predicted octanol–water partition coefficient (Wildman–Crippen LogP) is -3.14. The molecule has 2 unspecified atom stereocenters. The molecule has 1 heterocycles. The van der Waals surface area contributed by atoms with Crippen molar-refractivity contribution in [3.63, 3.8) is 0 Å². The van der Waals surface area contributed by atoms with Gasteiger partial charge in [-0.05, 0) is 38.0 Å². The number of likely N-dealkylation sites (tertiary alicyclic amines) is 1. The van der Waals surface area contributed by atoms with Crippen molar-refractivity contribution in [1.82, 2.24) is 4.90 Å². The van der Waals surface area contributed by atoms with Crippen molar-refractivity contribution >= 4 is 29.7 Å². The molecule has 2 fully saturated rings. The molecule has 6 nitrogen and oxygen atoms in total. The fourth-order valence-corrected chi connectivity index (χ4v) is 3.33. The number of hydrogen-bond acceptors (Lipinski definition) is 5. The summed E-state index contributed by atoms with van der Waals surface area (Å²) in [5.74, 6) is -0.588. The van der Waals surface area contributed by atoms with Crippen LogP contribution >= 0.6 is 11.8 Å². The third-order valence-electron chi connectivity index (χ3n) is 4.25. The topological polar surface area (TPSA) is 77.8 Å². The van der Waals surface area contributed by atoms with E-state index in [9.17, 15) is 14.4 Å². The van der Waals surface area contributed by atoms with Gasteiger partial charge in [-0.25, -0.2) is 5.25 Å². The van der Waals surface area contributed by atoms with Crippen LogP contribution in [-0.2, 0) is 14.3 Å². The second kappa shape index (κ2) is 11.7. The molecular weight excluding hydrogens is 475 g/mol. The number of imide groups is 1. The van der Waals surface area contributed by atoms with Gasteiger partial charge in [0.2, 0.25) is 0 Å². The summed E-state index contributed by atoms with van der Waals surface area (Å²) in [4.78, 5) is 37.6. The van der Waals surface area contributed by atoms with Crippen molar-refractivity contribution in [2.75, 3.05) is 13.3 Å². The van der Waals surface area contributed by atoms with Crippen LogP contribution in [0.15, 0.2) is 11.3 Å². The summed E-state index contributed by atoms with van der Waals surface area (Å²) in [5, 5.41) is 4.12. The molecule has 1 aliphatic heterocycles. The summed E-state index contributed by atoms with van der Waals surface area (Å²) >= 11 is 1.30. The van der Waals surface area contributed by atoms with Crippen LogP contribution in [0, 0.1) is 11.2 Å². The first-order valence-corrected chi connectivity index (χ1v) is 8.42. The largest absolute Gasteiger partial charge is 1.00 e. The van der Waals surface area contributed by atoms with Gasteiger partial charge in [0.25, 0.3) is 0 Å². The van der Waals surface area contributed by atoms with E-state index in [4.69, 9.17) is 4.74 Å². The molecular formula is C15H20N2O4Rb2S. The Morgan fingerprint density at radius 1 is 1.33 bits per heavy atom. The number of hydrogen-bond donors (Lipinski definition) is 0. The summed E-state index contributed by atoms with van der Waals surface area (Å²) in [6.07, 6.45) is 4.32. The number of thioether (sulfide) groups is 1. The van der Waals surface area contributed by atoms with E-state index in [0.717, 1.165) is 19.3 Å². The van der Waals surface area contributed by atoms with Gasteiger partial charge in [-0.3, -0.25) is 14.4 Å². The van der Waals surface area contributed by atoms with E-state index in [1.165, 1.54) is 23.7 Å². The third kappa shape index (κ3) is 5.50. The Kier molecular flexibility index (Phi) is 12.7. The van der Waals surface area contributed by atoms with Crippen LogP contribution < -0.4 is 116 Å². The molecule has 0 aromatic rings. The minimum Gasteiger partial charge on any atom is -0.455 e. The van der Waals surface area contributed by atoms with Gasteiger partial charge in [-0.1, -0.05) is 13.5 Å². The van der Waals surface area contributed by atoms with Gasteiger partial charge in [0.1, 0.15) is 5.76 Å². The molecule has 2 aliphatic rings. The van der Waals surface area contributed by atoms with Crippen LogP contribution in [-0.4, -0.2) is 42.2 Å². The van der Waals surface area contributed by atoms with Crippen LogP contribution in [0.4, 0.5) is 4.79 Å². The maximum atomic E-state index is 12.6. The van der Waals surface area contributed by atoms with Crippen molar-refractivity contribution in [2.45, 2.75) is 39.2 Å². The Balaban J connectivity index is 0.00000264. The first kappa shape index (κ1) is 26.0. The number of allylic oxidation sites excluding steroid dienone is 1. The minimum atomic E-state index is -0.525. The molecule has 122 valence electrons. The second-order valence-electron chi connectivity index (χ2n) is 5.41. The van der Waals surface area contributed by atoms with Crippen molar-refractivity contribution in [3.8, 4) is 0 Å². The zero-order valence-corrected chi connectivity index (χ0v) is 25.9. The van der Waals surface area contributed by atoms with Gasteiger partial charge < -0.3 is 26.7 Å². The number of amides is 3. The maximum absolute atomic E-state index is 12.6. The Morgan fingerprint density at radius 2 is 1.96 bits per heavy atom. The molecule has 1 aliphatic carbocycles. The molecule has 0 spiro atoms. The molecule has 0 N–H and O–H groups in total. The summed E-state index contributed by atoms with van der Waals surface area (Å²) < 4.78 is 5.32. The smallest absolute Gasteiger partial charge is 0.455 e. The molecule has 2 atom stereocenters. The number of rotatable bonds is 3. The number of carbonyl (C=O) groups excluding carboxylic acids is 3. The molecule has 3 amide bonds. The molecule has 0 bridgehead atoms. The molecule has 9 heteroatoms. The molecule has 1 saturated heterocycles. The van der Waals surface area contributed by atoms with Crippen LogP contribution in [0.25, 0.3) is 5.32 Å². The number of carbonyl (C=O) groups is 3. The zero-order chi connectivity index (χ0) is 16.4. The molecule has 24 heavy (non-hydrogen) atoms. The summed E-state index contributed by atoms with van der Waals surface area (Å²) in [7, 11) is 1.38. The van der Waals surface area contributed by atoms with Crippen molar-refractivity contribution < 1.29 is 135 Å². The monoisotopic (exact) mass is 494 g/mol. The number of ether oxygens (including phenoxy) is 1. The number of fused-ring (bicyclic) bond motifs is 1. The molecule has 1 saturated carbocycles. The van der Waals surface area contributed by atoms with Crippen LogP contribution in [0.3, 0.4) is 0 Å². The predicted molar refractivity (Wildman–Crippen MR) is 83.9 cm³/mol. The van der Waals surface area contributed by atoms with Gasteiger partial charge in [-0.15, -0.1) is 0 Å². The molecule has 0 aromatic carbocycles. The number of esters is 1. The average Bonchev–Trinajstić information content (AvgIpc) is 3.04. The molecule has 2 rings (SSSR count). The van der Waals surface area contributed by atoms with Crippen LogP contribution in [0.5, 0.6) is 0 Å². The fourth-order valence-electron chi connectivity index (χ4n) is 3.12. The quantitative estimate of drug-likeness (QED) is 0.179. The SMILES string of the molecule is C[N-]C(=O)N1C(=O)/C(=C(/C)OC(=O)[C-](C)SC)C2CCCC21.[Rb+].[Rb+]. The third-order valence-corrected chi connectivity index (χ3v) is 5.03. The van der Waals surface area contributed by atoms with E-state index in [0.29, 0.717) is 16.6 Å². The van der Waals surface area contributed by atoms with Crippen LogP contribution in [0.1, 0.15) is 33.1 Å². The normalized spacial score (nSPS) is 23.7. The van der Waals surface area contributed by atoms with E-state index in [2.05, 4.69) is 5.32 Å². The summed E-state index contributed by atoms with van der Waals surface area (Å²) in [5.41, 5.74) is 0.446. The number of nitrogens with zero attached hydrogens (tertiary/aromatic N) is 2. The van der Waals surface area contributed by atoms with Gasteiger partial charge in [0.05, 0.1) is 0 Å². The van der Waals surface area contributed by atoms with E-state index in [1.54, 1.807) is 20.1 Å². The van der Waals surface area contributed by atoms with Crippen molar-refractivity contribution in [1.29, 1.82) is 0 Å². The van der Waals surface area contributed by atoms with Gasteiger partial charge in [0.15, 0.2) is 17.9 Å². The van der Waals surface area contributed by atoms with E-state index in [-0.39, 0.29) is 134 Å². The fraction of sp³-hybridized carbons (Fsp3) is 0.600. The molecule has 0 aromatic heterocycles. The summed E-state index contributed by atoms with van der Waals surface area (Å²) in [6, 6.07) is -0.680. The van der Waals surface area contributed by atoms with Crippen LogP contribution in [0.2, 0.25) is 0 Å². The summed E-state index contributed by atoms with van der Waals surface area (Å²) in [6.45, 7) is 3.29. The average molecular weight is 495 g/mol. The first-order chi connectivity index (χ1) is 10.4. The standard InChI is InChI=1S/C15H21N2O4S.2Rb/c1-8(21-14(19)9(2)22-4)12-10-6-5-7-11(10)17(13(12)18)15(20)16-3;;/h10-11H,5-7H2,1-4H3,(H,16,20);;/q-1;2*+1/p-1/b12-8-;;. The minimum absolute atomic E-state index is 0. The van der Waals surface area contributed by atoms with E-state index < -0.39 is 12.0 Å². The second-order valence-corrected chi connectivity index (χ2v) is 6.43. The van der Waals surface area contributed by atoms with Gasteiger partial charge in [0, 0.05) is 5.57 Å². The maximum Gasteiger partial charge on any atom is 1.00 e. The number of urea groups is 1. The van der Waals surface area contributed by atoms with Crippen molar-refractivity contribution in [3.05, 3.63) is 21.9 Å². The van der Waals surface area contributed by atoms with E-state index >= 15 is 0 Å². The Bertz CT molecular complexity index is 542. The van der Waals surface area contributed by atoms with Gasteiger partial charge in [-0.2, -0.15) is 6.92 Å². The Morgan fingerprint density at radius 3 is 2.50 bits per heavy atom. The Hall–Kier alpha value is 1.98. The first-order valence-electron chi connectivity index (χ1n) is 7.20. The van der Waals surface area contributed by atoms with Crippen molar-refractivity contribution in [2.24, 2.45) is 5.92 Å². The van der Waals surface area contributed by atoms with Gasteiger partial charge >= 0.3 is 116 Å².